The van der Waals surface area contributed by atoms with Crippen LogP contribution in [0.15, 0.2) is 34.9 Å². The summed E-state index contributed by atoms with van der Waals surface area (Å²) >= 11 is 9.37. The highest BCUT2D eigenvalue weighted by molar-refractivity contribution is 9.10. The molecule has 0 aliphatic heterocycles. The van der Waals surface area contributed by atoms with E-state index in [1.165, 1.54) is 0 Å². The molecular formula is C13H14BrClN4. The van der Waals surface area contributed by atoms with Crippen molar-refractivity contribution in [2.45, 2.75) is 13.3 Å². The molecule has 2 aromatic rings. The number of benzene rings is 1. The van der Waals surface area contributed by atoms with Crippen LogP contribution in [0.3, 0.4) is 0 Å². The molecule has 0 saturated carbocycles. The lowest BCUT2D eigenvalue weighted by atomic mass is 10.3. The third-order valence-electron chi connectivity index (χ3n) is 2.38. The van der Waals surface area contributed by atoms with E-state index >= 15 is 0 Å². The second-order valence-electron chi connectivity index (χ2n) is 3.94. The minimum Gasteiger partial charge on any atom is -0.354 e. The number of hydrogen-bond acceptors (Lipinski definition) is 4. The molecule has 4 nitrogen and oxygen atoms in total. The van der Waals surface area contributed by atoms with Gasteiger partial charge in [-0.05, 0) is 46.6 Å². The van der Waals surface area contributed by atoms with Gasteiger partial charge >= 0.3 is 0 Å². The Bertz CT molecular complexity index is 562. The zero-order valence-corrected chi connectivity index (χ0v) is 12.8. The fourth-order valence-electron chi connectivity index (χ4n) is 1.48. The third-order valence-corrected chi connectivity index (χ3v) is 3.27. The fraction of sp³-hybridized carbons (Fsp3) is 0.231. The predicted molar refractivity (Wildman–Crippen MR) is 83.2 cm³/mol. The highest BCUT2D eigenvalue weighted by Gasteiger charge is 2.03. The molecule has 0 radical (unpaired) electrons. The zero-order chi connectivity index (χ0) is 13.7. The Morgan fingerprint density at radius 2 is 2.16 bits per heavy atom. The zero-order valence-electron chi connectivity index (χ0n) is 10.5. The number of nitrogens with one attached hydrogen (secondary N) is 2. The average Bonchev–Trinajstić information content (AvgIpc) is 2.40. The summed E-state index contributed by atoms with van der Waals surface area (Å²) < 4.78 is 0.890. The van der Waals surface area contributed by atoms with Crippen LogP contribution in [0.4, 0.5) is 17.5 Å². The summed E-state index contributed by atoms with van der Waals surface area (Å²) in [5, 5.41) is 7.05. The Hall–Kier alpha value is -1.33. The van der Waals surface area contributed by atoms with Crippen molar-refractivity contribution >= 4 is 45.0 Å². The maximum atomic E-state index is 5.91. The summed E-state index contributed by atoms with van der Waals surface area (Å²) in [6.45, 7) is 2.95. The second kappa shape index (κ2) is 6.73. The van der Waals surface area contributed by atoms with Gasteiger partial charge in [-0.1, -0.05) is 18.5 Å². The Morgan fingerprint density at radius 1 is 1.32 bits per heavy atom. The molecular weight excluding hydrogens is 328 g/mol. The summed E-state index contributed by atoms with van der Waals surface area (Å²) in [5.41, 5.74) is 0.907. The average molecular weight is 342 g/mol. The first kappa shape index (κ1) is 14.1. The molecule has 6 heteroatoms. The molecule has 0 fully saturated rings. The Labute approximate surface area is 125 Å². The lowest BCUT2D eigenvalue weighted by molar-refractivity contribution is 0.953. The van der Waals surface area contributed by atoms with Gasteiger partial charge in [0.05, 0.1) is 5.69 Å². The van der Waals surface area contributed by atoms with Crippen LogP contribution in [-0.2, 0) is 0 Å². The molecule has 2 N–H and O–H groups in total. The molecule has 100 valence electrons. The third kappa shape index (κ3) is 4.08. The van der Waals surface area contributed by atoms with Crippen molar-refractivity contribution in [1.82, 2.24) is 9.97 Å². The number of aromatic nitrogens is 2. The number of rotatable bonds is 5. The van der Waals surface area contributed by atoms with Crippen LogP contribution in [-0.4, -0.2) is 16.5 Å². The topological polar surface area (TPSA) is 49.8 Å². The van der Waals surface area contributed by atoms with Gasteiger partial charge in [0.1, 0.15) is 5.82 Å². The van der Waals surface area contributed by atoms with Gasteiger partial charge in [-0.25, -0.2) is 4.98 Å². The van der Waals surface area contributed by atoms with Crippen LogP contribution in [0.1, 0.15) is 13.3 Å². The first-order valence-corrected chi connectivity index (χ1v) is 7.15. The van der Waals surface area contributed by atoms with Gasteiger partial charge in [0.2, 0.25) is 5.95 Å². The quantitative estimate of drug-likeness (QED) is 0.843. The van der Waals surface area contributed by atoms with E-state index < -0.39 is 0 Å². The van der Waals surface area contributed by atoms with Gasteiger partial charge < -0.3 is 10.6 Å². The second-order valence-corrected chi connectivity index (χ2v) is 5.23. The van der Waals surface area contributed by atoms with Crippen molar-refractivity contribution in [3.8, 4) is 0 Å². The number of hydrogen-bond donors (Lipinski definition) is 2. The maximum Gasteiger partial charge on any atom is 0.224 e. The van der Waals surface area contributed by atoms with Crippen LogP contribution < -0.4 is 10.6 Å². The molecule has 0 atom stereocenters. The number of halogens is 2. The molecule has 2 rings (SSSR count). The molecule has 0 aliphatic rings. The summed E-state index contributed by atoms with van der Waals surface area (Å²) in [7, 11) is 0. The highest BCUT2D eigenvalue weighted by atomic mass is 79.9. The summed E-state index contributed by atoms with van der Waals surface area (Å²) in [6.07, 6.45) is 2.75. The van der Waals surface area contributed by atoms with Crippen LogP contribution in [0.5, 0.6) is 0 Å². The Morgan fingerprint density at radius 3 is 2.89 bits per heavy atom. The smallest absolute Gasteiger partial charge is 0.224 e. The molecule has 19 heavy (non-hydrogen) atoms. The first-order valence-electron chi connectivity index (χ1n) is 5.98. The van der Waals surface area contributed by atoms with E-state index in [2.05, 4.69) is 43.5 Å². The maximum absolute atomic E-state index is 5.91. The number of nitrogens with zero attached hydrogens (tertiary/aromatic N) is 2. The van der Waals surface area contributed by atoms with Gasteiger partial charge in [0.25, 0.3) is 0 Å². The van der Waals surface area contributed by atoms with Crippen LogP contribution >= 0.6 is 27.5 Å². The Kier molecular flexibility index (Phi) is 4.99. The lowest BCUT2D eigenvalue weighted by Gasteiger charge is -2.09. The minimum atomic E-state index is 0.622. The van der Waals surface area contributed by atoms with Crippen molar-refractivity contribution in [2.24, 2.45) is 0 Å². The molecule has 1 heterocycles. The molecule has 0 spiro atoms. The van der Waals surface area contributed by atoms with E-state index in [0.29, 0.717) is 11.0 Å². The SMILES string of the molecule is CCCNc1nccc(Nc2ccc(Cl)cc2Br)n1. The molecule has 0 aliphatic carbocycles. The van der Waals surface area contributed by atoms with Gasteiger partial charge in [-0.15, -0.1) is 0 Å². The van der Waals surface area contributed by atoms with E-state index in [-0.39, 0.29) is 0 Å². The van der Waals surface area contributed by atoms with Crippen molar-refractivity contribution in [3.05, 3.63) is 40.0 Å². The number of anilines is 3. The summed E-state index contributed by atoms with van der Waals surface area (Å²) in [4.78, 5) is 8.54. The van der Waals surface area contributed by atoms with Crippen LogP contribution in [0.2, 0.25) is 5.02 Å². The molecule has 1 aromatic carbocycles. The molecule has 0 saturated heterocycles. The summed E-state index contributed by atoms with van der Waals surface area (Å²) in [5.74, 6) is 1.36. The van der Waals surface area contributed by atoms with E-state index in [4.69, 9.17) is 11.6 Å². The largest absolute Gasteiger partial charge is 0.354 e. The van der Waals surface area contributed by atoms with E-state index in [9.17, 15) is 0 Å². The monoisotopic (exact) mass is 340 g/mol. The van der Waals surface area contributed by atoms with E-state index in [1.807, 2.05) is 24.3 Å². The van der Waals surface area contributed by atoms with Crippen molar-refractivity contribution in [1.29, 1.82) is 0 Å². The van der Waals surface area contributed by atoms with Crippen LogP contribution in [0, 0.1) is 0 Å². The lowest BCUT2D eigenvalue weighted by Crippen LogP contribution is -2.05. The van der Waals surface area contributed by atoms with Gasteiger partial charge in [0.15, 0.2) is 0 Å². The Balaban J connectivity index is 2.14. The van der Waals surface area contributed by atoms with Crippen molar-refractivity contribution in [3.63, 3.8) is 0 Å². The van der Waals surface area contributed by atoms with Gasteiger partial charge in [0, 0.05) is 22.2 Å². The van der Waals surface area contributed by atoms with Gasteiger partial charge in [-0.3, -0.25) is 0 Å². The summed E-state index contributed by atoms with van der Waals surface area (Å²) in [6, 6.07) is 7.37. The first-order chi connectivity index (χ1) is 9.19. The van der Waals surface area contributed by atoms with E-state index in [0.717, 1.165) is 28.9 Å². The predicted octanol–water partition coefficient (Wildman–Crippen LogP) is 4.46. The van der Waals surface area contributed by atoms with Crippen molar-refractivity contribution in [2.75, 3.05) is 17.2 Å². The van der Waals surface area contributed by atoms with Crippen LogP contribution in [0.25, 0.3) is 0 Å². The molecule has 1 aromatic heterocycles. The highest BCUT2D eigenvalue weighted by Crippen LogP contribution is 2.28. The molecule has 0 amide bonds. The van der Waals surface area contributed by atoms with Crippen molar-refractivity contribution < 1.29 is 0 Å². The van der Waals surface area contributed by atoms with E-state index in [1.54, 1.807) is 6.20 Å². The minimum absolute atomic E-state index is 0.622. The standard InChI is InChI=1S/C13H14BrClN4/c1-2-6-16-13-17-7-5-12(19-13)18-11-4-3-9(15)8-10(11)14/h3-5,7-8H,2,6H2,1H3,(H2,16,17,18,19). The molecule has 0 bridgehead atoms. The van der Waals surface area contributed by atoms with Gasteiger partial charge in [-0.2, -0.15) is 4.98 Å². The normalized spacial score (nSPS) is 10.3. The molecule has 0 unspecified atom stereocenters. The fourth-order valence-corrected chi connectivity index (χ4v) is 2.26.